The number of nitrogens with zero attached hydrogens (tertiary/aromatic N) is 1. The van der Waals surface area contributed by atoms with Crippen molar-refractivity contribution in [3.63, 3.8) is 0 Å². The quantitative estimate of drug-likeness (QED) is 0.930. The van der Waals surface area contributed by atoms with E-state index < -0.39 is 0 Å². The Hall–Kier alpha value is -0.940. The van der Waals surface area contributed by atoms with Crippen LogP contribution in [0.1, 0.15) is 18.4 Å². The summed E-state index contributed by atoms with van der Waals surface area (Å²) in [6, 6.07) is 5.06. The second-order valence-electron chi connectivity index (χ2n) is 4.70. The lowest BCUT2D eigenvalue weighted by Crippen LogP contribution is -2.38. The van der Waals surface area contributed by atoms with Crippen LogP contribution in [0.5, 0.6) is 0 Å². The molecular weight excluding hydrogens is 299 g/mol. The molecule has 1 amide bonds. The maximum Gasteiger partial charge on any atom is 0.220 e. The molecule has 1 heterocycles. The number of primary amides is 1. The summed E-state index contributed by atoms with van der Waals surface area (Å²) in [6.07, 6.45) is 1.63. The highest BCUT2D eigenvalue weighted by atomic mass is 79.9. The van der Waals surface area contributed by atoms with E-state index in [2.05, 4.69) is 20.8 Å². The van der Waals surface area contributed by atoms with E-state index in [0.717, 1.165) is 38.0 Å². The average Bonchev–Trinajstić information content (AvgIpc) is 2.34. The van der Waals surface area contributed by atoms with E-state index in [-0.39, 0.29) is 17.6 Å². The molecule has 0 spiro atoms. The number of carbonyl (C=O) groups is 1. The molecule has 1 saturated heterocycles. The van der Waals surface area contributed by atoms with Gasteiger partial charge >= 0.3 is 0 Å². The van der Waals surface area contributed by atoms with Crippen LogP contribution in [0.2, 0.25) is 0 Å². The summed E-state index contributed by atoms with van der Waals surface area (Å²) in [5, 5.41) is 0. The first-order valence-corrected chi connectivity index (χ1v) is 6.81. The molecule has 2 rings (SSSR count). The van der Waals surface area contributed by atoms with Gasteiger partial charge in [-0.2, -0.15) is 0 Å². The second kappa shape index (κ2) is 5.80. The summed E-state index contributed by atoms with van der Waals surface area (Å²) in [4.78, 5) is 13.3. The van der Waals surface area contributed by atoms with Gasteiger partial charge in [0.2, 0.25) is 5.91 Å². The second-order valence-corrected chi connectivity index (χ2v) is 5.56. The fourth-order valence-electron chi connectivity index (χ4n) is 2.27. The van der Waals surface area contributed by atoms with E-state index in [4.69, 9.17) is 5.73 Å². The van der Waals surface area contributed by atoms with Gasteiger partial charge in [-0.05, 0) is 59.6 Å². The Bertz CT molecular complexity index is 445. The van der Waals surface area contributed by atoms with Crippen LogP contribution < -0.4 is 5.73 Å². The Balaban J connectivity index is 1.91. The number of likely N-dealkylation sites (tertiary alicyclic amines) is 1. The molecule has 0 aromatic heterocycles. The molecule has 0 aliphatic carbocycles. The maximum atomic E-state index is 13.1. The normalized spacial score (nSPS) is 17.9. The highest BCUT2D eigenvalue weighted by Gasteiger charge is 2.22. The van der Waals surface area contributed by atoms with Crippen molar-refractivity contribution >= 4 is 21.8 Å². The number of halogens is 2. The predicted octanol–water partition coefficient (Wildman–Crippen LogP) is 2.29. The van der Waals surface area contributed by atoms with Gasteiger partial charge in [0.1, 0.15) is 5.82 Å². The Morgan fingerprint density at radius 2 is 2.11 bits per heavy atom. The first kappa shape index (κ1) is 13.5. The monoisotopic (exact) mass is 314 g/mol. The molecule has 0 bridgehead atoms. The number of carbonyl (C=O) groups excluding carboxylic acids is 1. The molecule has 1 aromatic rings. The lowest BCUT2D eigenvalue weighted by molar-refractivity contribution is -0.123. The van der Waals surface area contributed by atoms with Crippen molar-refractivity contribution in [2.75, 3.05) is 13.1 Å². The summed E-state index contributed by atoms with van der Waals surface area (Å²) in [6.45, 7) is 2.51. The molecule has 98 valence electrons. The summed E-state index contributed by atoms with van der Waals surface area (Å²) >= 11 is 3.18. The minimum Gasteiger partial charge on any atom is -0.369 e. The van der Waals surface area contributed by atoms with Crippen LogP contribution in [-0.2, 0) is 11.3 Å². The number of piperidine rings is 1. The van der Waals surface area contributed by atoms with Gasteiger partial charge in [-0.1, -0.05) is 6.07 Å². The molecule has 3 nitrogen and oxygen atoms in total. The molecular formula is C13H16BrFN2O. The summed E-state index contributed by atoms with van der Waals surface area (Å²) in [5.41, 5.74) is 6.37. The molecule has 1 aliphatic heterocycles. The third-order valence-electron chi connectivity index (χ3n) is 3.38. The van der Waals surface area contributed by atoms with E-state index in [9.17, 15) is 9.18 Å². The van der Waals surface area contributed by atoms with Crippen molar-refractivity contribution in [1.82, 2.24) is 4.90 Å². The maximum absolute atomic E-state index is 13.1. The molecule has 1 fully saturated rings. The van der Waals surface area contributed by atoms with E-state index in [1.807, 2.05) is 0 Å². The molecule has 2 N–H and O–H groups in total. The van der Waals surface area contributed by atoms with Crippen LogP contribution in [0.4, 0.5) is 4.39 Å². The van der Waals surface area contributed by atoms with Gasteiger partial charge < -0.3 is 5.73 Å². The van der Waals surface area contributed by atoms with Crippen LogP contribution in [0, 0.1) is 11.7 Å². The fraction of sp³-hybridized carbons (Fsp3) is 0.462. The Morgan fingerprint density at radius 3 is 2.67 bits per heavy atom. The number of rotatable bonds is 3. The molecule has 1 aliphatic rings. The lowest BCUT2D eigenvalue weighted by atomic mass is 9.96. The van der Waals surface area contributed by atoms with Gasteiger partial charge in [-0.25, -0.2) is 4.39 Å². The Morgan fingerprint density at radius 1 is 1.44 bits per heavy atom. The number of hydrogen-bond donors (Lipinski definition) is 1. The number of hydrogen-bond acceptors (Lipinski definition) is 2. The number of benzene rings is 1. The van der Waals surface area contributed by atoms with E-state index in [1.165, 1.54) is 6.07 Å². The highest BCUT2D eigenvalue weighted by molar-refractivity contribution is 9.10. The van der Waals surface area contributed by atoms with Crippen LogP contribution in [0.15, 0.2) is 22.7 Å². The van der Waals surface area contributed by atoms with Crippen molar-refractivity contribution in [3.05, 3.63) is 34.1 Å². The lowest BCUT2D eigenvalue weighted by Gasteiger charge is -2.30. The van der Waals surface area contributed by atoms with Gasteiger partial charge in [0.05, 0.1) is 4.47 Å². The van der Waals surface area contributed by atoms with Gasteiger partial charge in [0.25, 0.3) is 0 Å². The summed E-state index contributed by atoms with van der Waals surface area (Å²) in [5.74, 6) is -0.424. The average molecular weight is 315 g/mol. The largest absolute Gasteiger partial charge is 0.369 e. The van der Waals surface area contributed by atoms with Gasteiger partial charge in [-0.3, -0.25) is 9.69 Å². The Labute approximate surface area is 114 Å². The summed E-state index contributed by atoms with van der Waals surface area (Å²) < 4.78 is 13.6. The minimum atomic E-state index is -0.244. The van der Waals surface area contributed by atoms with Crippen molar-refractivity contribution in [2.24, 2.45) is 11.7 Å². The zero-order valence-corrected chi connectivity index (χ0v) is 11.6. The molecule has 0 atom stereocenters. The standard InChI is InChI=1S/C13H16BrFN2O/c14-11-7-9(1-2-12(11)15)8-17-5-3-10(4-6-17)13(16)18/h1-2,7,10H,3-6,8H2,(H2,16,18). The van der Waals surface area contributed by atoms with Gasteiger partial charge in [0.15, 0.2) is 0 Å². The molecule has 1 aromatic carbocycles. The third-order valence-corrected chi connectivity index (χ3v) is 3.99. The van der Waals surface area contributed by atoms with Crippen molar-refractivity contribution in [1.29, 1.82) is 0 Å². The third kappa shape index (κ3) is 3.29. The number of nitrogens with two attached hydrogens (primary N) is 1. The van der Waals surface area contributed by atoms with E-state index >= 15 is 0 Å². The Kier molecular flexibility index (Phi) is 4.35. The first-order valence-electron chi connectivity index (χ1n) is 6.02. The zero-order chi connectivity index (χ0) is 13.1. The minimum absolute atomic E-state index is 0.0150. The first-order chi connectivity index (χ1) is 8.56. The number of amides is 1. The fourth-order valence-corrected chi connectivity index (χ4v) is 2.70. The van der Waals surface area contributed by atoms with Crippen LogP contribution >= 0.6 is 15.9 Å². The van der Waals surface area contributed by atoms with Crippen LogP contribution in [-0.4, -0.2) is 23.9 Å². The SMILES string of the molecule is NC(=O)C1CCN(Cc2ccc(F)c(Br)c2)CC1. The topological polar surface area (TPSA) is 46.3 Å². The molecule has 18 heavy (non-hydrogen) atoms. The molecule has 5 heteroatoms. The van der Waals surface area contributed by atoms with Gasteiger partial charge in [-0.15, -0.1) is 0 Å². The van der Waals surface area contributed by atoms with Crippen molar-refractivity contribution in [3.8, 4) is 0 Å². The van der Waals surface area contributed by atoms with E-state index in [1.54, 1.807) is 12.1 Å². The van der Waals surface area contributed by atoms with Crippen molar-refractivity contribution in [2.45, 2.75) is 19.4 Å². The van der Waals surface area contributed by atoms with E-state index in [0.29, 0.717) is 4.47 Å². The zero-order valence-electron chi connectivity index (χ0n) is 10.0. The van der Waals surface area contributed by atoms with Crippen molar-refractivity contribution < 1.29 is 9.18 Å². The van der Waals surface area contributed by atoms with Gasteiger partial charge in [0, 0.05) is 12.5 Å². The smallest absolute Gasteiger partial charge is 0.220 e. The molecule has 0 saturated carbocycles. The predicted molar refractivity (Wildman–Crippen MR) is 71.3 cm³/mol. The van der Waals surface area contributed by atoms with Crippen LogP contribution in [0.25, 0.3) is 0 Å². The highest BCUT2D eigenvalue weighted by Crippen LogP contribution is 2.21. The molecule has 0 unspecified atom stereocenters. The van der Waals surface area contributed by atoms with Crippen LogP contribution in [0.3, 0.4) is 0 Å². The molecule has 0 radical (unpaired) electrons. The summed E-state index contributed by atoms with van der Waals surface area (Å²) in [7, 11) is 0.